The van der Waals surface area contributed by atoms with Gasteiger partial charge in [-0.25, -0.2) is 14.4 Å². The number of aromatic nitrogens is 2. The normalized spacial score (nSPS) is 11.2. The molecule has 1 aromatic carbocycles. The lowest BCUT2D eigenvalue weighted by Crippen LogP contribution is -2.12. The van der Waals surface area contributed by atoms with Crippen molar-refractivity contribution < 1.29 is 18.1 Å². The monoisotopic (exact) mass is 353 g/mol. The first kappa shape index (κ1) is 19.7. The fourth-order valence-corrected chi connectivity index (χ4v) is 2.42. The molecule has 2 aromatic rings. The van der Waals surface area contributed by atoms with Crippen LogP contribution in [-0.4, -0.2) is 32.8 Å². The summed E-state index contributed by atoms with van der Waals surface area (Å²) in [7, 11) is -0.00212. The lowest BCUT2D eigenvalue weighted by molar-refractivity contribution is 0.103. The molecule has 0 amide bonds. The van der Waals surface area contributed by atoms with E-state index in [-0.39, 0.29) is 27.9 Å². The van der Waals surface area contributed by atoms with Crippen molar-refractivity contribution in [2.45, 2.75) is 25.9 Å². The standard InChI is InChI=1S/C14H14FN3O3S.C2H6/c1-3-22(20)14-17-7-10(13(16)18-14)12(19)9-6-8(15)4-5-11(9)21-2;1-2/h4-7H,3H2,1-2H3,(H2,16,17,18);1-2H3. The summed E-state index contributed by atoms with van der Waals surface area (Å²) in [5.74, 6) is -0.699. The number of benzene rings is 1. The maximum absolute atomic E-state index is 13.4. The van der Waals surface area contributed by atoms with E-state index in [4.69, 9.17) is 10.5 Å². The summed E-state index contributed by atoms with van der Waals surface area (Å²) in [5.41, 5.74) is 5.76. The van der Waals surface area contributed by atoms with Gasteiger partial charge in [-0.1, -0.05) is 20.8 Å². The highest BCUT2D eigenvalue weighted by Gasteiger charge is 2.20. The Balaban J connectivity index is 0.00000139. The average Bonchev–Trinajstić information content (AvgIpc) is 2.62. The van der Waals surface area contributed by atoms with Gasteiger partial charge in [0.25, 0.3) is 0 Å². The minimum Gasteiger partial charge on any atom is -0.496 e. The first-order valence-electron chi connectivity index (χ1n) is 7.37. The number of rotatable bonds is 5. The van der Waals surface area contributed by atoms with Gasteiger partial charge in [-0.3, -0.25) is 9.00 Å². The van der Waals surface area contributed by atoms with Gasteiger partial charge in [-0.2, -0.15) is 0 Å². The van der Waals surface area contributed by atoms with Crippen molar-refractivity contribution in [2.75, 3.05) is 18.6 Å². The largest absolute Gasteiger partial charge is 0.496 e. The number of hydrogen-bond donors (Lipinski definition) is 1. The van der Waals surface area contributed by atoms with Gasteiger partial charge in [-0.05, 0) is 18.2 Å². The van der Waals surface area contributed by atoms with E-state index in [2.05, 4.69) is 9.97 Å². The summed E-state index contributed by atoms with van der Waals surface area (Å²) in [6, 6.07) is 3.59. The van der Waals surface area contributed by atoms with Gasteiger partial charge < -0.3 is 10.5 Å². The number of nitrogens with zero attached hydrogens (tertiary/aromatic N) is 2. The molecule has 2 N–H and O–H groups in total. The van der Waals surface area contributed by atoms with Crippen LogP contribution in [0.5, 0.6) is 5.75 Å². The number of ether oxygens (including phenoxy) is 1. The van der Waals surface area contributed by atoms with Crippen LogP contribution in [0.3, 0.4) is 0 Å². The van der Waals surface area contributed by atoms with Gasteiger partial charge in [0.2, 0.25) is 10.9 Å². The lowest BCUT2D eigenvalue weighted by atomic mass is 10.0. The van der Waals surface area contributed by atoms with E-state index < -0.39 is 22.4 Å². The van der Waals surface area contributed by atoms with Crippen LogP contribution in [0.15, 0.2) is 29.6 Å². The minimum atomic E-state index is -1.37. The Morgan fingerprint density at radius 2 is 2.00 bits per heavy atom. The Kier molecular flexibility index (Phi) is 7.44. The molecule has 0 aliphatic rings. The fourth-order valence-electron chi connectivity index (χ4n) is 1.79. The average molecular weight is 353 g/mol. The molecule has 6 nitrogen and oxygen atoms in total. The van der Waals surface area contributed by atoms with Crippen LogP contribution in [0, 0.1) is 5.82 Å². The van der Waals surface area contributed by atoms with Crippen molar-refractivity contribution in [3.05, 3.63) is 41.3 Å². The molecule has 0 aliphatic heterocycles. The number of anilines is 1. The third-order valence-corrected chi connectivity index (χ3v) is 4.04. The van der Waals surface area contributed by atoms with Gasteiger partial charge in [0, 0.05) is 11.9 Å². The van der Waals surface area contributed by atoms with Crippen molar-refractivity contribution in [3.8, 4) is 5.75 Å². The number of halogens is 1. The summed E-state index contributed by atoms with van der Waals surface area (Å²) < 4.78 is 30.0. The van der Waals surface area contributed by atoms with E-state index in [1.165, 1.54) is 25.4 Å². The van der Waals surface area contributed by atoms with Crippen LogP contribution in [0.2, 0.25) is 0 Å². The highest BCUT2D eigenvalue weighted by atomic mass is 32.2. The molecule has 0 aliphatic carbocycles. The lowest BCUT2D eigenvalue weighted by Gasteiger charge is -2.09. The highest BCUT2D eigenvalue weighted by Crippen LogP contribution is 2.24. The molecular formula is C16H20FN3O3S. The van der Waals surface area contributed by atoms with Gasteiger partial charge >= 0.3 is 0 Å². The van der Waals surface area contributed by atoms with Crippen LogP contribution < -0.4 is 10.5 Å². The second-order valence-electron chi connectivity index (χ2n) is 4.26. The summed E-state index contributed by atoms with van der Waals surface area (Å²) in [5, 5.41) is 0.0581. The quantitative estimate of drug-likeness (QED) is 0.656. The highest BCUT2D eigenvalue weighted by molar-refractivity contribution is 7.84. The second-order valence-corrected chi connectivity index (χ2v) is 5.89. The molecule has 0 fully saturated rings. The van der Waals surface area contributed by atoms with Crippen LogP contribution in [-0.2, 0) is 10.8 Å². The van der Waals surface area contributed by atoms with E-state index >= 15 is 0 Å². The number of nitrogen functional groups attached to an aromatic ring is 1. The molecule has 0 saturated heterocycles. The number of carbonyl (C=O) groups excluding carboxylic acids is 1. The van der Waals surface area contributed by atoms with E-state index in [0.29, 0.717) is 5.75 Å². The molecule has 2 rings (SSSR count). The third kappa shape index (κ3) is 4.35. The molecule has 130 valence electrons. The van der Waals surface area contributed by atoms with E-state index in [9.17, 15) is 13.4 Å². The summed E-state index contributed by atoms with van der Waals surface area (Å²) in [4.78, 5) is 20.2. The molecule has 1 aromatic heterocycles. The molecule has 24 heavy (non-hydrogen) atoms. The maximum Gasteiger partial charge on any atom is 0.220 e. The Labute approximate surface area is 142 Å². The molecule has 0 bridgehead atoms. The van der Waals surface area contributed by atoms with Crippen LogP contribution in [0.1, 0.15) is 36.7 Å². The van der Waals surface area contributed by atoms with Crippen LogP contribution >= 0.6 is 0 Å². The summed E-state index contributed by atoms with van der Waals surface area (Å²) >= 11 is 0. The Morgan fingerprint density at radius 3 is 2.54 bits per heavy atom. The SMILES string of the molecule is CC.CCS(=O)c1ncc(C(=O)c2cc(F)ccc2OC)c(N)n1. The maximum atomic E-state index is 13.4. The Morgan fingerprint density at radius 1 is 1.33 bits per heavy atom. The smallest absolute Gasteiger partial charge is 0.220 e. The van der Waals surface area contributed by atoms with Gasteiger partial charge in [-0.15, -0.1) is 0 Å². The van der Waals surface area contributed by atoms with Crippen molar-refractivity contribution in [1.29, 1.82) is 0 Å². The predicted octanol–water partition coefficient (Wildman–Crippen LogP) is 2.59. The zero-order chi connectivity index (χ0) is 18.3. The Hall–Kier alpha value is -2.35. The van der Waals surface area contributed by atoms with Crippen molar-refractivity contribution in [3.63, 3.8) is 0 Å². The Bertz CT molecular complexity index is 753. The molecule has 1 unspecified atom stereocenters. The molecule has 1 atom stereocenters. The molecular weight excluding hydrogens is 333 g/mol. The van der Waals surface area contributed by atoms with E-state index in [1.807, 2.05) is 13.8 Å². The first-order valence-corrected chi connectivity index (χ1v) is 8.69. The van der Waals surface area contributed by atoms with Gasteiger partial charge in [0.1, 0.15) is 17.4 Å². The van der Waals surface area contributed by atoms with Gasteiger partial charge in [0.05, 0.1) is 29.0 Å². The fraction of sp³-hybridized carbons (Fsp3) is 0.312. The topological polar surface area (TPSA) is 95.2 Å². The van der Waals surface area contributed by atoms with Crippen molar-refractivity contribution in [1.82, 2.24) is 9.97 Å². The number of carbonyl (C=O) groups is 1. The number of nitrogens with two attached hydrogens (primary N) is 1. The van der Waals surface area contributed by atoms with Crippen LogP contribution in [0.25, 0.3) is 0 Å². The van der Waals surface area contributed by atoms with Gasteiger partial charge in [0.15, 0.2) is 0 Å². The molecule has 8 heteroatoms. The summed E-state index contributed by atoms with van der Waals surface area (Å²) in [6.45, 7) is 5.71. The predicted molar refractivity (Wildman–Crippen MR) is 91.1 cm³/mol. The van der Waals surface area contributed by atoms with E-state index in [0.717, 1.165) is 6.07 Å². The van der Waals surface area contributed by atoms with Crippen molar-refractivity contribution in [2.24, 2.45) is 0 Å². The number of ketones is 1. The zero-order valence-electron chi connectivity index (χ0n) is 14.0. The number of hydrogen-bond acceptors (Lipinski definition) is 6. The number of methoxy groups -OCH3 is 1. The van der Waals surface area contributed by atoms with E-state index in [1.54, 1.807) is 6.92 Å². The molecule has 0 radical (unpaired) electrons. The zero-order valence-corrected chi connectivity index (χ0v) is 14.8. The third-order valence-electron chi connectivity index (χ3n) is 2.91. The molecule has 0 spiro atoms. The summed E-state index contributed by atoms with van der Waals surface area (Å²) in [6.07, 6.45) is 1.19. The molecule has 1 heterocycles. The molecule has 0 saturated carbocycles. The first-order chi connectivity index (χ1) is 11.5. The minimum absolute atomic E-state index is 0.000697. The second kappa shape index (κ2) is 9.07. The van der Waals surface area contributed by atoms with Crippen LogP contribution in [0.4, 0.5) is 10.2 Å². The van der Waals surface area contributed by atoms with Crippen molar-refractivity contribution >= 4 is 22.4 Å².